The van der Waals surface area contributed by atoms with Crippen molar-refractivity contribution in [3.8, 4) is 0 Å². The van der Waals surface area contributed by atoms with Gasteiger partial charge in [0.15, 0.2) is 5.69 Å². The molecule has 0 aliphatic carbocycles. The zero-order valence-electron chi connectivity index (χ0n) is 11.3. The van der Waals surface area contributed by atoms with Crippen LogP contribution in [0.2, 0.25) is 0 Å². The van der Waals surface area contributed by atoms with Crippen LogP contribution in [0.25, 0.3) is 0 Å². The molecule has 6 heteroatoms. The maximum absolute atomic E-state index is 10.8. The second kappa shape index (κ2) is 7.58. The first-order chi connectivity index (χ1) is 9.00. The Kier molecular flexibility index (Phi) is 6.08. The highest BCUT2D eigenvalue weighted by atomic mass is 16.5. The minimum atomic E-state index is -1.06. The predicted octanol–water partition coefficient (Wildman–Crippen LogP) is 1.98. The molecule has 1 rings (SSSR count). The van der Waals surface area contributed by atoms with Gasteiger partial charge in [-0.05, 0) is 38.8 Å². The van der Waals surface area contributed by atoms with Crippen LogP contribution in [-0.4, -0.2) is 35.3 Å². The normalized spacial score (nSPS) is 10.7. The van der Waals surface area contributed by atoms with Gasteiger partial charge in [0.25, 0.3) is 0 Å². The van der Waals surface area contributed by atoms with Crippen molar-refractivity contribution in [2.45, 2.75) is 32.8 Å². The number of nitrogen functional groups attached to an aromatic ring is 1. The second-order valence-corrected chi connectivity index (χ2v) is 4.49. The SMILES string of the molecule is CC(C)OCCCCNc1nc(C(=O)O)ccc1N. The maximum atomic E-state index is 10.8. The van der Waals surface area contributed by atoms with E-state index in [1.54, 1.807) is 6.07 Å². The van der Waals surface area contributed by atoms with Crippen molar-refractivity contribution in [3.63, 3.8) is 0 Å². The number of carboxylic acid groups (broad SMARTS) is 1. The van der Waals surface area contributed by atoms with Crippen LogP contribution in [0.3, 0.4) is 0 Å². The van der Waals surface area contributed by atoms with Gasteiger partial charge in [0.2, 0.25) is 0 Å². The summed E-state index contributed by atoms with van der Waals surface area (Å²) in [6, 6.07) is 2.93. The van der Waals surface area contributed by atoms with Crippen LogP contribution in [0, 0.1) is 0 Å². The molecule has 0 bridgehead atoms. The fraction of sp³-hybridized carbons (Fsp3) is 0.538. The Labute approximate surface area is 113 Å². The second-order valence-electron chi connectivity index (χ2n) is 4.49. The van der Waals surface area contributed by atoms with E-state index in [0.29, 0.717) is 18.1 Å². The third kappa shape index (κ3) is 5.56. The highest BCUT2D eigenvalue weighted by Gasteiger charge is 2.07. The van der Waals surface area contributed by atoms with Crippen LogP contribution in [0.4, 0.5) is 11.5 Å². The first-order valence-electron chi connectivity index (χ1n) is 6.36. The molecule has 0 unspecified atom stereocenters. The fourth-order valence-electron chi connectivity index (χ4n) is 1.48. The van der Waals surface area contributed by atoms with Gasteiger partial charge in [0.05, 0.1) is 11.8 Å². The third-order valence-corrected chi connectivity index (χ3v) is 2.46. The van der Waals surface area contributed by atoms with Crippen molar-refractivity contribution in [1.82, 2.24) is 4.98 Å². The lowest BCUT2D eigenvalue weighted by Gasteiger charge is -2.10. The van der Waals surface area contributed by atoms with Crippen LogP contribution in [0.5, 0.6) is 0 Å². The number of ether oxygens (including phenoxy) is 1. The quantitative estimate of drug-likeness (QED) is 0.623. The van der Waals surface area contributed by atoms with Crippen molar-refractivity contribution in [2.75, 3.05) is 24.2 Å². The molecule has 0 radical (unpaired) electrons. The van der Waals surface area contributed by atoms with E-state index in [1.165, 1.54) is 6.07 Å². The first-order valence-corrected chi connectivity index (χ1v) is 6.36. The standard InChI is InChI=1S/C13H21N3O3/c1-9(2)19-8-4-3-7-15-12-10(14)5-6-11(16-12)13(17)18/h5-6,9H,3-4,7-8,14H2,1-2H3,(H,15,16)(H,17,18). The lowest BCUT2D eigenvalue weighted by atomic mass is 10.3. The van der Waals surface area contributed by atoms with E-state index < -0.39 is 5.97 Å². The lowest BCUT2D eigenvalue weighted by Crippen LogP contribution is -2.11. The van der Waals surface area contributed by atoms with Crippen molar-refractivity contribution < 1.29 is 14.6 Å². The number of carbonyl (C=O) groups is 1. The van der Waals surface area contributed by atoms with Crippen molar-refractivity contribution in [1.29, 1.82) is 0 Å². The zero-order valence-corrected chi connectivity index (χ0v) is 11.3. The molecule has 1 aromatic heterocycles. The smallest absolute Gasteiger partial charge is 0.354 e. The van der Waals surface area contributed by atoms with Gasteiger partial charge >= 0.3 is 5.97 Å². The number of aromatic nitrogens is 1. The number of hydrogen-bond acceptors (Lipinski definition) is 5. The molecule has 0 aliphatic rings. The summed E-state index contributed by atoms with van der Waals surface area (Å²) < 4.78 is 5.42. The van der Waals surface area contributed by atoms with Gasteiger partial charge in [-0.2, -0.15) is 0 Å². The van der Waals surface area contributed by atoms with E-state index in [2.05, 4.69) is 10.3 Å². The van der Waals surface area contributed by atoms with Crippen molar-refractivity contribution in [2.24, 2.45) is 0 Å². The summed E-state index contributed by atoms with van der Waals surface area (Å²) >= 11 is 0. The summed E-state index contributed by atoms with van der Waals surface area (Å²) in [7, 11) is 0. The van der Waals surface area contributed by atoms with E-state index in [9.17, 15) is 4.79 Å². The molecule has 1 heterocycles. The molecule has 1 aromatic rings. The Morgan fingerprint density at radius 3 is 2.84 bits per heavy atom. The van der Waals surface area contributed by atoms with Crippen LogP contribution < -0.4 is 11.1 Å². The number of unbranched alkanes of at least 4 members (excludes halogenated alkanes) is 1. The molecule has 0 saturated heterocycles. The number of pyridine rings is 1. The minimum absolute atomic E-state index is 0.0140. The van der Waals surface area contributed by atoms with Gasteiger partial charge in [-0.25, -0.2) is 9.78 Å². The van der Waals surface area contributed by atoms with Crippen LogP contribution in [-0.2, 0) is 4.74 Å². The number of carboxylic acids is 1. The van der Waals surface area contributed by atoms with Gasteiger partial charge in [0.1, 0.15) is 5.82 Å². The molecule has 0 aliphatic heterocycles. The van der Waals surface area contributed by atoms with Crippen molar-refractivity contribution in [3.05, 3.63) is 17.8 Å². The van der Waals surface area contributed by atoms with E-state index in [1.807, 2.05) is 13.8 Å². The highest BCUT2D eigenvalue weighted by Crippen LogP contribution is 2.15. The van der Waals surface area contributed by atoms with Gasteiger partial charge in [0, 0.05) is 13.2 Å². The lowest BCUT2D eigenvalue weighted by molar-refractivity contribution is 0.0690. The van der Waals surface area contributed by atoms with E-state index in [4.69, 9.17) is 15.6 Å². The average molecular weight is 267 g/mol. The van der Waals surface area contributed by atoms with Crippen molar-refractivity contribution >= 4 is 17.5 Å². The highest BCUT2D eigenvalue weighted by molar-refractivity contribution is 5.86. The molecule has 0 atom stereocenters. The third-order valence-electron chi connectivity index (χ3n) is 2.46. The summed E-state index contributed by atoms with van der Waals surface area (Å²) in [5.41, 5.74) is 6.16. The number of rotatable bonds is 8. The molecule has 0 aromatic carbocycles. The van der Waals surface area contributed by atoms with Gasteiger partial charge in [-0.3, -0.25) is 0 Å². The molecule has 4 N–H and O–H groups in total. The molecular formula is C13H21N3O3. The largest absolute Gasteiger partial charge is 0.477 e. The fourth-order valence-corrected chi connectivity index (χ4v) is 1.48. The Balaban J connectivity index is 2.36. The van der Waals surface area contributed by atoms with Crippen LogP contribution in [0.15, 0.2) is 12.1 Å². The number of hydrogen-bond donors (Lipinski definition) is 3. The monoisotopic (exact) mass is 267 g/mol. The number of nitrogens with zero attached hydrogens (tertiary/aromatic N) is 1. The number of aromatic carboxylic acids is 1. The van der Waals surface area contributed by atoms with Gasteiger partial charge in [-0.1, -0.05) is 0 Å². The molecule has 0 amide bonds. The van der Waals surface area contributed by atoms with Gasteiger partial charge in [-0.15, -0.1) is 0 Å². The molecule has 0 fully saturated rings. The summed E-state index contributed by atoms with van der Waals surface area (Å²) in [4.78, 5) is 14.7. The van der Waals surface area contributed by atoms with Crippen LogP contribution >= 0.6 is 0 Å². The Morgan fingerprint density at radius 1 is 1.47 bits per heavy atom. The number of nitrogens with two attached hydrogens (primary N) is 1. The topological polar surface area (TPSA) is 97.5 Å². The number of anilines is 2. The molecule has 19 heavy (non-hydrogen) atoms. The molecule has 106 valence electrons. The summed E-state index contributed by atoms with van der Waals surface area (Å²) in [5.74, 6) is -0.641. The van der Waals surface area contributed by atoms with Crippen LogP contribution in [0.1, 0.15) is 37.2 Å². The maximum Gasteiger partial charge on any atom is 0.354 e. The average Bonchev–Trinajstić information content (AvgIpc) is 2.34. The number of nitrogens with one attached hydrogen (secondary N) is 1. The van der Waals surface area contributed by atoms with E-state index in [-0.39, 0.29) is 11.8 Å². The Hall–Kier alpha value is -1.82. The van der Waals surface area contributed by atoms with Gasteiger partial charge < -0.3 is 20.9 Å². The molecule has 0 saturated carbocycles. The molecular weight excluding hydrogens is 246 g/mol. The molecule has 6 nitrogen and oxygen atoms in total. The summed E-state index contributed by atoms with van der Waals surface area (Å²) in [5, 5.41) is 11.9. The summed E-state index contributed by atoms with van der Waals surface area (Å²) in [6.07, 6.45) is 2.09. The first kappa shape index (κ1) is 15.2. The molecule has 0 spiro atoms. The summed E-state index contributed by atoms with van der Waals surface area (Å²) in [6.45, 7) is 5.40. The van der Waals surface area contributed by atoms with E-state index >= 15 is 0 Å². The van der Waals surface area contributed by atoms with E-state index in [0.717, 1.165) is 19.4 Å². The minimum Gasteiger partial charge on any atom is -0.477 e. The Bertz CT molecular complexity index is 422. The Morgan fingerprint density at radius 2 is 2.21 bits per heavy atom. The zero-order chi connectivity index (χ0) is 14.3. The predicted molar refractivity (Wildman–Crippen MR) is 74.4 cm³/mol.